The number of benzene rings is 1. The highest BCUT2D eigenvalue weighted by atomic mass is 32.2. The summed E-state index contributed by atoms with van der Waals surface area (Å²) < 4.78 is -0.121. The van der Waals surface area contributed by atoms with Gasteiger partial charge in [0.2, 0.25) is 0 Å². The third kappa shape index (κ3) is 2.03. The molecule has 0 bridgehead atoms. The van der Waals surface area contributed by atoms with E-state index in [1.54, 1.807) is 11.8 Å². The second-order valence-electron chi connectivity index (χ2n) is 4.23. The molecule has 0 aromatic heterocycles. The van der Waals surface area contributed by atoms with Gasteiger partial charge >= 0.3 is 0 Å². The Morgan fingerprint density at radius 3 is 2.60 bits per heavy atom. The van der Waals surface area contributed by atoms with E-state index in [2.05, 4.69) is 44.2 Å². The molecule has 78 valence electrons. The largest absolute Gasteiger partial charge is 0.197 e. The third-order valence-corrected chi connectivity index (χ3v) is 4.52. The van der Waals surface area contributed by atoms with Crippen molar-refractivity contribution in [2.45, 2.75) is 36.3 Å². The lowest BCUT2D eigenvalue weighted by molar-refractivity contribution is 0.776. The molecule has 1 aromatic rings. The van der Waals surface area contributed by atoms with Crippen molar-refractivity contribution in [2.75, 3.05) is 0 Å². The van der Waals surface area contributed by atoms with Crippen molar-refractivity contribution >= 4 is 11.8 Å². The molecular formula is C13H15NS. The number of hydrogen-bond donors (Lipinski definition) is 0. The van der Waals surface area contributed by atoms with Crippen LogP contribution in [-0.2, 0) is 0 Å². The first kappa shape index (κ1) is 10.6. The fourth-order valence-corrected chi connectivity index (χ4v) is 3.24. The molecular weight excluding hydrogens is 202 g/mol. The standard InChI is InChI=1S/C13H15NS/c1-3-11-8-13(11,9-14)15-12-6-4-10(2)5-7-12/h4-7,11H,3,8H2,1-2H3. The van der Waals surface area contributed by atoms with E-state index in [0.29, 0.717) is 5.92 Å². The molecule has 0 saturated heterocycles. The number of aryl methyl sites for hydroxylation is 1. The van der Waals surface area contributed by atoms with Crippen LogP contribution >= 0.6 is 11.8 Å². The maximum atomic E-state index is 9.20. The highest BCUT2D eigenvalue weighted by molar-refractivity contribution is 8.01. The normalized spacial score (nSPS) is 28.5. The molecule has 1 aromatic carbocycles. The summed E-state index contributed by atoms with van der Waals surface area (Å²) >= 11 is 1.74. The van der Waals surface area contributed by atoms with Gasteiger partial charge in [0.1, 0.15) is 4.75 Å². The Labute approximate surface area is 95.5 Å². The predicted molar refractivity (Wildman–Crippen MR) is 63.8 cm³/mol. The highest BCUT2D eigenvalue weighted by Gasteiger charge is 2.54. The average Bonchev–Trinajstić information content (AvgIpc) is 2.96. The van der Waals surface area contributed by atoms with Crippen molar-refractivity contribution in [3.63, 3.8) is 0 Å². The molecule has 1 aliphatic carbocycles. The minimum atomic E-state index is -0.121. The Hall–Kier alpha value is -0.940. The van der Waals surface area contributed by atoms with Gasteiger partial charge in [-0.2, -0.15) is 5.26 Å². The molecule has 0 radical (unpaired) electrons. The highest BCUT2D eigenvalue weighted by Crippen LogP contribution is 2.57. The van der Waals surface area contributed by atoms with E-state index in [4.69, 9.17) is 0 Å². The maximum Gasteiger partial charge on any atom is 0.110 e. The monoisotopic (exact) mass is 217 g/mol. The van der Waals surface area contributed by atoms with Crippen LogP contribution in [0.5, 0.6) is 0 Å². The molecule has 0 amide bonds. The first-order chi connectivity index (χ1) is 7.20. The molecule has 2 unspecified atom stereocenters. The van der Waals surface area contributed by atoms with E-state index in [0.717, 1.165) is 12.8 Å². The SMILES string of the molecule is CCC1CC1(C#N)Sc1ccc(C)cc1. The number of nitrogens with zero attached hydrogens (tertiary/aromatic N) is 1. The molecule has 2 atom stereocenters. The van der Waals surface area contributed by atoms with Crippen LogP contribution in [0.2, 0.25) is 0 Å². The van der Waals surface area contributed by atoms with Crippen molar-refractivity contribution in [1.29, 1.82) is 5.26 Å². The van der Waals surface area contributed by atoms with E-state index < -0.39 is 0 Å². The van der Waals surface area contributed by atoms with Crippen LogP contribution in [0.15, 0.2) is 29.2 Å². The van der Waals surface area contributed by atoms with E-state index >= 15 is 0 Å². The molecule has 0 spiro atoms. The summed E-state index contributed by atoms with van der Waals surface area (Å²) in [5.74, 6) is 0.591. The molecule has 2 rings (SSSR count). The first-order valence-corrected chi connectivity index (χ1v) is 6.19. The molecule has 1 nitrogen and oxygen atoms in total. The van der Waals surface area contributed by atoms with Crippen LogP contribution in [0, 0.1) is 24.2 Å². The molecule has 1 aliphatic rings. The van der Waals surface area contributed by atoms with Gasteiger partial charge in [0.15, 0.2) is 0 Å². The number of thioether (sulfide) groups is 1. The van der Waals surface area contributed by atoms with E-state index in [1.807, 2.05) is 0 Å². The van der Waals surface area contributed by atoms with Gasteiger partial charge in [-0.15, -0.1) is 11.8 Å². The van der Waals surface area contributed by atoms with E-state index in [9.17, 15) is 5.26 Å². The van der Waals surface area contributed by atoms with Gasteiger partial charge in [-0.25, -0.2) is 0 Å². The van der Waals surface area contributed by atoms with Crippen LogP contribution in [0.3, 0.4) is 0 Å². The third-order valence-electron chi connectivity index (χ3n) is 3.05. The van der Waals surface area contributed by atoms with Crippen LogP contribution in [0.4, 0.5) is 0 Å². The molecule has 0 heterocycles. The summed E-state index contributed by atoms with van der Waals surface area (Å²) in [6.45, 7) is 4.25. The molecule has 1 fully saturated rings. The predicted octanol–water partition coefficient (Wildman–Crippen LogP) is 3.78. The van der Waals surface area contributed by atoms with Crippen LogP contribution < -0.4 is 0 Å². The Balaban J connectivity index is 2.10. The van der Waals surface area contributed by atoms with Crippen molar-refractivity contribution < 1.29 is 0 Å². The quantitative estimate of drug-likeness (QED) is 0.769. The Bertz CT molecular complexity index is 390. The number of nitriles is 1. The fraction of sp³-hybridized carbons (Fsp3) is 0.462. The average molecular weight is 217 g/mol. The maximum absolute atomic E-state index is 9.20. The summed E-state index contributed by atoms with van der Waals surface area (Å²) in [6.07, 6.45) is 2.17. The van der Waals surface area contributed by atoms with Gasteiger partial charge in [0.25, 0.3) is 0 Å². The summed E-state index contributed by atoms with van der Waals surface area (Å²) in [6, 6.07) is 10.9. The van der Waals surface area contributed by atoms with Crippen molar-refractivity contribution in [3.05, 3.63) is 29.8 Å². The van der Waals surface area contributed by atoms with Crippen LogP contribution in [0.1, 0.15) is 25.3 Å². The van der Waals surface area contributed by atoms with Crippen LogP contribution in [-0.4, -0.2) is 4.75 Å². The molecule has 2 heteroatoms. The summed E-state index contributed by atoms with van der Waals surface area (Å²) in [5, 5.41) is 9.20. The van der Waals surface area contributed by atoms with Gasteiger partial charge in [-0.05, 0) is 31.4 Å². The zero-order chi connectivity index (χ0) is 10.9. The first-order valence-electron chi connectivity index (χ1n) is 5.37. The van der Waals surface area contributed by atoms with E-state index in [-0.39, 0.29) is 4.75 Å². The van der Waals surface area contributed by atoms with Crippen molar-refractivity contribution in [2.24, 2.45) is 5.92 Å². The lowest BCUT2D eigenvalue weighted by Crippen LogP contribution is -2.02. The van der Waals surface area contributed by atoms with E-state index in [1.165, 1.54) is 10.5 Å². The van der Waals surface area contributed by atoms with Gasteiger partial charge in [-0.3, -0.25) is 0 Å². The smallest absolute Gasteiger partial charge is 0.110 e. The molecule has 1 saturated carbocycles. The number of rotatable bonds is 3. The zero-order valence-electron chi connectivity index (χ0n) is 9.16. The summed E-state index contributed by atoms with van der Waals surface area (Å²) in [7, 11) is 0. The molecule has 15 heavy (non-hydrogen) atoms. The van der Waals surface area contributed by atoms with Gasteiger partial charge < -0.3 is 0 Å². The fourth-order valence-electron chi connectivity index (χ4n) is 1.88. The zero-order valence-corrected chi connectivity index (χ0v) is 9.97. The summed E-state index contributed by atoms with van der Waals surface area (Å²) in [4.78, 5) is 1.22. The topological polar surface area (TPSA) is 23.8 Å². The Kier molecular flexibility index (Phi) is 2.75. The second kappa shape index (κ2) is 3.90. The van der Waals surface area contributed by atoms with Gasteiger partial charge in [0.05, 0.1) is 6.07 Å². The lowest BCUT2D eigenvalue weighted by atomic mass is 10.2. The molecule has 0 N–H and O–H groups in total. The van der Waals surface area contributed by atoms with Crippen LogP contribution in [0.25, 0.3) is 0 Å². The van der Waals surface area contributed by atoms with Crippen molar-refractivity contribution in [3.8, 4) is 6.07 Å². The summed E-state index contributed by atoms with van der Waals surface area (Å²) in [5.41, 5.74) is 1.27. The minimum Gasteiger partial charge on any atom is -0.197 e. The Morgan fingerprint density at radius 1 is 1.47 bits per heavy atom. The van der Waals surface area contributed by atoms with Gasteiger partial charge in [-0.1, -0.05) is 31.0 Å². The Morgan fingerprint density at radius 2 is 2.13 bits per heavy atom. The van der Waals surface area contributed by atoms with Crippen molar-refractivity contribution in [1.82, 2.24) is 0 Å². The molecule has 0 aliphatic heterocycles. The minimum absolute atomic E-state index is 0.121. The second-order valence-corrected chi connectivity index (χ2v) is 5.63. The van der Waals surface area contributed by atoms with Gasteiger partial charge in [0, 0.05) is 4.90 Å². The number of hydrogen-bond acceptors (Lipinski definition) is 2. The lowest BCUT2D eigenvalue weighted by Gasteiger charge is -2.07.